The second kappa shape index (κ2) is 32.5. The van der Waals surface area contributed by atoms with Gasteiger partial charge in [-0.25, -0.2) is 24.2 Å². The molecule has 0 bridgehead atoms. The Hall–Kier alpha value is -7.75. The summed E-state index contributed by atoms with van der Waals surface area (Å²) in [6.45, 7) is 11.7. The van der Waals surface area contributed by atoms with E-state index in [4.69, 9.17) is 61.2 Å². The molecule has 2 amide bonds. The van der Waals surface area contributed by atoms with E-state index in [2.05, 4.69) is 25.6 Å². The molecule has 6 aromatic rings. The Balaban J connectivity index is 1.01. The first kappa shape index (κ1) is 69.1. The minimum atomic E-state index is -4.30. The first-order chi connectivity index (χ1) is 43.7. The molecule has 4 aromatic carbocycles. The van der Waals surface area contributed by atoms with Gasteiger partial charge >= 0.3 is 25.7 Å². The van der Waals surface area contributed by atoms with Crippen molar-refractivity contribution >= 4 is 54.5 Å². The lowest BCUT2D eigenvalue weighted by atomic mass is 9.80. The predicted molar refractivity (Wildman–Crippen MR) is 329 cm³/mol. The minimum absolute atomic E-state index is 0.00328. The molecule has 490 valence electrons. The third-order valence-electron chi connectivity index (χ3n) is 14.8. The van der Waals surface area contributed by atoms with Crippen LogP contribution in [0.2, 0.25) is 0 Å². The van der Waals surface area contributed by atoms with Gasteiger partial charge in [-0.2, -0.15) is 0 Å². The predicted octanol–water partition coefficient (Wildman–Crippen LogP) is 7.73. The van der Waals surface area contributed by atoms with E-state index in [1.165, 1.54) is 20.2 Å². The molecule has 0 spiro atoms. The number of esters is 3. The van der Waals surface area contributed by atoms with Crippen molar-refractivity contribution in [1.29, 1.82) is 0 Å². The first-order valence-electron chi connectivity index (χ1n) is 29.8. The van der Waals surface area contributed by atoms with Gasteiger partial charge in [0.05, 0.1) is 66.8 Å². The number of carbonyl (C=O) groups is 5. The fourth-order valence-electron chi connectivity index (χ4n) is 11.0. The second-order valence-corrected chi connectivity index (χ2v) is 23.7. The van der Waals surface area contributed by atoms with Crippen LogP contribution in [-0.4, -0.2) is 176 Å². The lowest BCUT2D eigenvalue weighted by Crippen LogP contribution is -2.66. The molecule has 2 aromatic heterocycles. The Morgan fingerprint density at radius 2 is 1.24 bits per heavy atom. The minimum Gasteiger partial charge on any atom is -0.497 e. The molecule has 9 atom stereocenters. The van der Waals surface area contributed by atoms with Gasteiger partial charge in [0.1, 0.15) is 60.6 Å². The Morgan fingerprint density at radius 1 is 0.670 bits per heavy atom. The fraction of sp³-hybridized carbons (Fsp3) is 0.469. The second-order valence-electron chi connectivity index (χ2n) is 21.9. The number of nitrogens with one attached hydrogen (secondary N) is 2. The van der Waals surface area contributed by atoms with E-state index in [-0.39, 0.29) is 83.1 Å². The number of anilines is 1. The number of amides is 2. The maximum Gasteiger partial charge on any atom is 0.409 e. The largest absolute Gasteiger partial charge is 0.497 e. The summed E-state index contributed by atoms with van der Waals surface area (Å²) in [5.74, 6) is -1.55. The molecular weight excluding hydrogens is 1200 g/mol. The summed E-state index contributed by atoms with van der Waals surface area (Å²) in [7, 11) is -1.10. The summed E-state index contributed by atoms with van der Waals surface area (Å²) < 4.78 is 98.2. The number of aromatic nitrogens is 4. The number of fused-ring (bicyclic) bond motifs is 1. The first-order valence-corrected chi connectivity index (χ1v) is 31.3. The molecule has 2 aliphatic rings. The number of methoxy groups -OCH3 is 2. The maximum atomic E-state index is 15.9. The van der Waals surface area contributed by atoms with Gasteiger partial charge in [-0.3, -0.25) is 37.6 Å². The smallest absolute Gasteiger partial charge is 0.409 e. The van der Waals surface area contributed by atoms with Crippen LogP contribution in [0, 0.1) is 0 Å². The Kier molecular flexibility index (Phi) is 24.7. The molecule has 2 saturated heterocycles. The molecule has 27 heteroatoms. The van der Waals surface area contributed by atoms with Crippen LogP contribution in [0.15, 0.2) is 122 Å². The Labute approximate surface area is 528 Å². The van der Waals surface area contributed by atoms with Crippen LogP contribution in [0.1, 0.15) is 95.1 Å². The highest BCUT2D eigenvalue weighted by molar-refractivity contribution is 7.51. The van der Waals surface area contributed by atoms with Crippen LogP contribution in [-0.2, 0) is 81.0 Å². The topological polar surface area (TPSA) is 293 Å². The molecule has 0 saturated carbocycles. The van der Waals surface area contributed by atoms with Crippen LogP contribution >= 0.6 is 7.75 Å². The van der Waals surface area contributed by atoms with Crippen LogP contribution in [0.4, 0.5) is 5.82 Å². The van der Waals surface area contributed by atoms with Gasteiger partial charge < -0.3 is 62.7 Å². The number of imidazole rings is 1. The van der Waals surface area contributed by atoms with Crippen molar-refractivity contribution in [2.45, 2.75) is 129 Å². The molecule has 2 N–H and O–H groups in total. The average molecular weight is 1280 g/mol. The molecule has 2 aliphatic heterocycles. The number of nitrogens with zero attached hydrogens (tertiary/aromatic N) is 5. The van der Waals surface area contributed by atoms with Crippen molar-refractivity contribution in [3.8, 4) is 11.5 Å². The van der Waals surface area contributed by atoms with Gasteiger partial charge in [-0.05, 0) is 80.8 Å². The fourth-order valence-corrected chi connectivity index (χ4v) is 13.3. The van der Waals surface area contributed by atoms with Crippen LogP contribution in [0.25, 0.3) is 11.2 Å². The lowest BCUT2D eigenvalue weighted by molar-refractivity contribution is -0.279. The van der Waals surface area contributed by atoms with E-state index < -0.39 is 86.2 Å². The third kappa shape index (κ3) is 17.6. The summed E-state index contributed by atoms with van der Waals surface area (Å²) in [6, 6.07) is 31.9. The molecule has 2 fully saturated rings. The van der Waals surface area contributed by atoms with Gasteiger partial charge in [0.2, 0.25) is 5.91 Å². The number of carbonyl (C=O) groups excluding carboxylic acids is 5. The van der Waals surface area contributed by atoms with Crippen molar-refractivity contribution in [2.75, 3.05) is 72.4 Å². The highest BCUT2D eigenvalue weighted by Gasteiger charge is 2.52. The number of hydrogen-bond donors (Lipinski definition) is 2. The highest BCUT2D eigenvalue weighted by Crippen LogP contribution is 2.57. The molecule has 0 radical (unpaired) electrons. The van der Waals surface area contributed by atoms with E-state index >= 15 is 4.57 Å². The van der Waals surface area contributed by atoms with Crippen LogP contribution in [0.5, 0.6) is 11.5 Å². The van der Waals surface area contributed by atoms with Crippen molar-refractivity contribution in [3.63, 3.8) is 0 Å². The SMILES string of the molecule is COc1ccc(C(OC[C@H]2O[C@@H](n3cnc4c(NC(=O)c5ccccc5)ncnc43)C[C@@H]2OP(=O)(OCCOCCOCCO[C@@H]2O[C@H](COC(C)=O)[C@H](OC(C)=O)[C@H](OC(C)=O)[C@H]2NC(C)=O)N(C(C)C)C(C)C)(c2ccccc2)c2ccc(OC)cc2)cc1. The van der Waals surface area contributed by atoms with E-state index in [9.17, 15) is 24.0 Å². The zero-order valence-electron chi connectivity index (χ0n) is 52.6. The Bertz CT molecular complexity index is 3340. The van der Waals surface area contributed by atoms with E-state index in [1.807, 2.05) is 113 Å². The molecule has 91 heavy (non-hydrogen) atoms. The average Bonchev–Trinajstić information content (AvgIpc) is 1.61. The van der Waals surface area contributed by atoms with Gasteiger partial charge in [-0.15, -0.1) is 0 Å². The lowest BCUT2D eigenvalue weighted by Gasteiger charge is -2.44. The molecular formula is C64H80N7O19P. The number of hydrogen-bond acceptors (Lipinski definition) is 22. The summed E-state index contributed by atoms with van der Waals surface area (Å²) in [5, 5.41) is 5.53. The summed E-state index contributed by atoms with van der Waals surface area (Å²) in [4.78, 5) is 75.7. The molecule has 4 heterocycles. The van der Waals surface area contributed by atoms with E-state index in [0.717, 1.165) is 30.5 Å². The zero-order chi connectivity index (χ0) is 65.2. The number of benzene rings is 4. The zero-order valence-corrected chi connectivity index (χ0v) is 53.5. The van der Waals surface area contributed by atoms with Crippen LogP contribution in [0.3, 0.4) is 0 Å². The van der Waals surface area contributed by atoms with Crippen molar-refractivity contribution in [3.05, 3.63) is 144 Å². The molecule has 1 unspecified atom stereocenters. The summed E-state index contributed by atoms with van der Waals surface area (Å²) in [5.41, 5.74) is 2.12. The number of ether oxygens (including phenoxy) is 11. The van der Waals surface area contributed by atoms with Gasteiger partial charge in [0.25, 0.3) is 5.91 Å². The Morgan fingerprint density at radius 3 is 1.81 bits per heavy atom. The van der Waals surface area contributed by atoms with E-state index in [1.54, 1.807) is 54.0 Å². The molecule has 8 rings (SSSR count). The van der Waals surface area contributed by atoms with Crippen molar-refractivity contribution < 1.29 is 89.7 Å². The van der Waals surface area contributed by atoms with Gasteiger partial charge in [-0.1, -0.05) is 72.8 Å². The summed E-state index contributed by atoms with van der Waals surface area (Å²) in [6.07, 6.45) is -4.75. The van der Waals surface area contributed by atoms with Crippen LogP contribution < -0.4 is 20.1 Å². The van der Waals surface area contributed by atoms with Crippen molar-refractivity contribution in [1.82, 2.24) is 29.5 Å². The number of rotatable bonds is 32. The quantitative estimate of drug-likeness (QED) is 0.0134. The summed E-state index contributed by atoms with van der Waals surface area (Å²) >= 11 is 0. The monoisotopic (exact) mass is 1280 g/mol. The van der Waals surface area contributed by atoms with Gasteiger partial charge in [0, 0.05) is 51.8 Å². The van der Waals surface area contributed by atoms with E-state index in [0.29, 0.717) is 28.2 Å². The molecule has 26 nitrogen and oxygen atoms in total. The normalized spacial score (nSPS) is 20.7. The third-order valence-corrected chi connectivity index (χ3v) is 17.3. The van der Waals surface area contributed by atoms with Gasteiger partial charge in [0.15, 0.2) is 35.5 Å². The molecule has 0 aliphatic carbocycles. The maximum absolute atomic E-state index is 15.9. The van der Waals surface area contributed by atoms with Crippen molar-refractivity contribution in [2.24, 2.45) is 0 Å². The highest BCUT2D eigenvalue weighted by atomic mass is 31.2. The standard InChI is InChI=1S/C64H80N7O19P/c1-40(2)71(41(3)4)91(77,85-34-32-81-30-29-80-31-33-82-63-56(68-42(5)72)59(87-45(8)75)58(86-44(7)74)54(89-63)36-83-43(6)73)90-52-35-55(70-39-67-57-60(65-38-66-61(57)70)69-62(76)46-17-13-11-14-18-46)88-53(52)37-84-64(47-19-15-12-16-20-47,48-21-25-50(78-9)26-22-48)49-23-27-51(79-10)28-24-49/h11-28,38-41,52-56,58-59,63H,29-37H2,1-10H3,(H,68,72)(H,65,66,69,76)/t52-,53+,54+,55+,56+,58-,59+,63+,91?/m0/s1.